The summed E-state index contributed by atoms with van der Waals surface area (Å²) in [6.45, 7) is 7.09. The second-order valence-corrected chi connectivity index (χ2v) is 12.5. The van der Waals surface area contributed by atoms with E-state index in [-0.39, 0.29) is 11.7 Å². The van der Waals surface area contributed by atoms with Crippen LogP contribution in [-0.4, -0.2) is 39.0 Å². The highest BCUT2D eigenvalue weighted by Gasteiger charge is 2.41. The third-order valence-electron chi connectivity index (χ3n) is 6.20. The lowest BCUT2D eigenvalue weighted by Crippen LogP contribution is -2.52. The zero-order valence-corrected chi connectivity index (χ0v) is 22.1. The average molecular weight is 566 g/mol. The van der Waals surface area contributed by atoms with Crippen molar-refractivity contribution in [2.75, 3.05) is 16.8 Å². The second kappa shape index (κ2) is 9.84. The molecule has 1 fully saturated rings. The number of carbonyl (C=O) groups excluding carboxylic acids is 1. The maximum atomic E-state index is 12.4. The molecule has 4 nitrogen and oxygen atoms in total. The molecule has 2 aromatic rings. The first kappa shape index (κ1) is 23.7. The number of nitrogens with zero attached hydrogens (tertiary/aromatic N) is 1. The molecule has 1 amide bonds. The maximum Gasteiger partial charge on any atom is 0.410 e. The number of alkyl halides is 1. The molecule has 0 bridgehead atoms. The lowest BCUT2D eigenvalue weighted by atomic mass is 9.82. The first-order chi connectivity index (χ1) is 15.3. The van der Waals surface area contributed by atoms with E-state index in [4.69, 9.17) is 9.47 Å². The maximum absolute atomic E-state index is 12.4. The number of benzene rings is 2. The number of rotatable bonds is 4. The Kier molecular flexibility index (Phi) is 7.30. The average Bonchev–Trinajstić information content (AvgIpc) is 2.77. The normalized spacial score (nSPS) is 17.6. The van der Waals surface area contributed by atoms with Crippen molar-refractivity contribution in [2.24, 2.45) is 0 Å². The van der Waals surface area contributed by atoms with Crippen LogP contribution in [0, 0.1) is 0 Å². The van der Waals surface area contributed by atoms with Crippen LogP contribution >= 0.6 is 34.4 Å². The van der Waals surface area contributed by atoms with E-state index >= 15 is 0 Å². The van der Waals surface area contributed by atoms with Crippen molar-refractivity contribution in [2.45, 2.75) is 63.4 Å². The molecule has 32 heavy (non-hydrogen) atoms. The molecule has 0 atom stereocenters. The summed E-state index contributed by atoms with van der Waals surface area (Å²) >= 11 is 4.34. The number of ether oxygens (including phenoxy) is 2. The first-order valence-corrected chi connectivity index (χ1v) is 14.0. The van der Waals surface area contributed by atoms with E-state index in [0.717, 1.165) is 40.9 Å². The summed E-state index contributed by atoms with van der Waals surface area (Å²) in [7, 11) is 0. The molecule has 0 N–H and O–H groups in total. The van der Waals surface area contributed by atoms with E-state index in [1.807, 2.05) is 37.4 Å². The van der Waals surface area contributed by atoms with Crippen LogP contribution in [0.5, 0.6) is 5.75 Å². The molecule has 1 spiro atoms. The van der Waals surface area contributed by atoms with Crippen LogP contribution in [0.2, 0.25) is 0 Å². The van der Waals surface area contributed by atoms with Crippen molar-refractivity contribution in [3.05, 3.63) is 53.6 Å². The van der Waals surface area contributed by atoms with Gasteiger partial charge in [-0.2, -0.15) is 0 Å². The summed E-state index contributed by atoms with van der Waals surface area (Å²) in [6.07, 6.45) is 3.50. The van der Waals surface area contributed by atoms with Crippen LogP contribution < -0.4 is 4.74 Å². The van der Waals surface area contributed by atoms with Gasteiger partial charge in [-0.15, -0.1) is 11.8 Å². The topological polar surface area (TPSA) is 38.8 Å². The number of amides is 1. The van der Waals surface area contributed by atoms with Crippen LogP contribution in [-0.2, 0) is 16.9 Å². The molecule has 172 valence electrons. The van der Waals surface area contributed by atoms with Gasteiger partial charge in [0.05, 0.1) is 0 Å². The minimum absolute atomic E-state index is 0.162. The summed E-state index contributed by atoms with van der Waals surface area (Å²) in [5, 5.41) is 0. The van der Waals surface area contributed by atoms with Gasteiger partial charge < -0.3 is 14.4 Å². The minimum Gasteiger partial charge on any atom is -0.487 e. The second-order valence-electron chi connectivity index (χ2n) is 9.73. The number of carbonyl (C=O) groups is 1. The lowest BCUT2D eigenvalue weighted by molar-refractivity contribution is -0.0272. The SMILES string of the molecule is CC(C)(C)OC(=O)N1CCC2(CCc3cc(-c4ccc(CSCI)cc4)ccc3O2)CC1. The lowest BCUT2D eigenvalue weighted by Gasteiger charge is -2.44. The Morgan fingerprint density at radius 1 is 1.09 bits per heavy atom. The highest BCUT2D eigenvalue weighted by atomic mass is 127. The molecule has 0 unspecified atom stereocenters. The monoisotopic (exact) mass is 565 g/mol. The minimum atomic E-state index is -0.460. The number of likely N-dealkylation sites (tertiary alicyclic amines) is 1. The fourth-order valence-corrected chi connectivity index (χ4v) is 5.59. The van der Waals surface area contributed by atoms with E-state index in [0.29, 0.717) is 13.1 Å². The van der Waals surface area contributed by atoms with E-state index in [2.05, 4.69) is 65.1 Å². The third kappa shape index (κ3) is 5.74. The highest BCUT2D eigenvalue weighted by molar-refractivity contribution is 14.1. The molecule has 2 aliphatic rings. The fraction of sp³-hybridized carbons (Fsp3) is 0.500. The molecule has 0 radical (unpaired) electrons. The summed E-state index contributed by atoms with van der Waals surface area (Å²) in [5.41, 5.74) is 4.53. The van der Waals surface area contributed by atoms with Gasteiger partial charge in [0.15, 0.2) is 0 Å². The predicted molar refractivity (Wildman–Crippen MR) is 141 cm³/mol. The van der Waals surface area contributed by atoms with E-state index < -0.39 is 5.60 Å². The van der Waals surface area contributed by atoms with Crippen molar-refractivity contribution >= 4 is 40.4 Å². The molecule has 6 heteroatoms. The number of fused-ring (bicyclic) bond motifs is 1. The molecule has 2 aliphatic heterocycles. The molecule has 2 aromatic carbocycles. The summed E-state index contributed by atoms with van der Waals surface area (Å²) in [6, 6.07) is 15.5. The predicted octanol–water partition coefficient (Wildman–Crippen LogP) is 7.07. The Labute approximate surface area is 209 Å². The number of thioether (sulfide) groups is 1. The number of aryl methyl sites for hydroxylation is 1. The van der Waals surface area contributed by atoms with Gasteiger partial charge in [-0.05, 0) is 68.0 Å². The highest BCUT2D eigenvalue weighted by Crippen LogP contribution is 2.41. The summed E-state index contributed by atoms with van der Waals surface area (Å²) in [5.74, 6) is 2.06. The van der Waals surface area contributed by atoms with Crippen molar-refractivity contribution in [3.8, 4) is 16.9 Å². The standard InChI is InChI=1S/C26H32INO3S/c1-25(2,3)31-24(29)28-14-12-26(13-15-28)11-10-22-16-21(8-9-23(22)30-26)20-6-4-19(5-7-20)17-32-18-27/h4-9,16H,10-15,17-18H2,1-3H3. The molecule has 0 aliphatic carbocycles. The van der Waals surface area contributed by atoms with Gasteiger partial charge in [-0.25, -0.2) is 4.79 Å². The number of piperidine rings is 1. The van der Waals surface area contributed by atoms with Crippen molar-refractivity contribution in [1.29, 1.82) is 0 Å². The molecule has 4 rings (SSSR count). The molecular formula is C26H32INO3S. The zero-order valence-electron chi connectivity index (χ0n) is 19.2. The van der Waals surface area contributed by atoms with Crippen LogP contribution in [0.4, 0.5) is 4.79 Å². The first-order valence-electron chi connectivity index (χ1n) is 11.3. The zero-order chi connectivity index (χ0) is 22.8. The van der Waals surface area contributed by atoms with Gasteiger partial charge in [0.2, 0.25) is 0 Å². The van der Waals surface area contributed by atoms with E-state index in [9.17, 15) is 4.79 Å². The van der Waals surface area contributed by atoms with Gasteiger partial charge in [0, 0.05) is 35.4 Å². The fourth-order valence-electron chi connectivity index (χ4n) is 4.43. The molecular weight excluding hydrogens is 533 g/mol. The van der Waals surface area contributed by atoms with E-state index in [1.165, 1.54) is 22.3 Å². The number of hydrogen-bond donors (Lipinski definition) is 0. The van der Waals surface area contributed by atoms with Crippen LogP contribution in [0.1, 0.15) is 51.2 Å². The van der Waals surface area contributed by atoms with Crippen LogP contribution in [0.3, 0.4) is 0 Å². The van der Waals surface area contributed by atoms with Gasteiger partial charge in [-0.1, -0.05) is 52.9 Å². The quantitative estimate of drug-likeness (QED) is 0.294. The van der Waals surface area contributed by atoms with Crippen LogP contribution in [0.25, 0.3) is 11.1 Å². The summed E-state index contributed by atoms with van der Waals surface area (Å²) in [4.78, 5) is 14.2. The molecule has 0 saturated carbocycles. The Bertz CT molecular complexity index is 947. The number of hydrogen-bond acceptors (Lipinski definition) is 4. The van der Waals surface area contributed by atoms with Crippen LogP contribution in [0.15, 0.2) is 42.5 Å². The van der Waals surface area contributed by atoms with Crippen molar-refractivity contribution < 1.29 is 14.3 Å². The smallest absolute Gasteiger partial charge is 0.410 e. The van der Waals surface area contributed by atoms with Gasteiger partial charge >= 0.3 is 6.09 Å². The molecule has 0 aromatic heterocycles. The Morgan fingerprint density at radius 2 is 1.78 bits per heavy atom. The van der Waals surface area contributed by atoms with Gasteiger partial charge in [-0.3, -0.25) is 0 Å². The van der Waals surface area contributed by atoms with Gasteiger partial charge in [0.1, 0.15) is 17.0 Å². The Balaban J connectivity index is 1.39. The molecule has 2 heterocycles. The van der Waals surface area contributed by atoms with E-state index in [1.54, 1.807) is 0 Å². The Morgan fingerprint density at radius 3 is 2.44 bits per heavy atom. The third-order valence-corrected chi connectivity index (χ3v) is 8.21. The van der Waals surface area contributed by atoms with Crippen molar-refractivity contribution in [3.63, 3.8) is 0 Å². The Hall–Kier alpha value is -1.41. The molecule has 1 saturated heterocycles. The largest absolute Gasteiger partial charge is 0.487 e. The van der Waals surface area contributed by atoms with Gasteiger partial charge in [0.25, 0.3) is 0 Å². The van der Waals surface area contributed by atoms with Crippen molar-refractivity contribution in [1.82, 2.24) is 4.90 Å². The number of halogens is 1. The summed E-state index contributed by atoms with van der Waals surface area (Å²) < 4.78 is 13.2.